The molecule has 1 unspecified atom stereocenters. The minimum absolute atomic E-state index is 0.113. The van der Waals surface area contributed by atoms with E-state index in [1.807, 2.05) is 24.3 Å². The quantitative estimate of drug-likeness (QED) is 0.616. The van der Waals surface area contributed by atoms with E-state index in [9.17, 15) is 18.0 Å². The zero-order valence-electron chi connectivity index (χ0n) is 16.6. The van der Waals surface area contributed by atoms with Gasteiger partial charge in [0, 0.05) is 26.1 Å². The second-order valence-corrected chi connectivity index (χ2v) is 6.77. The van der Waals surface area contributed by atoms with Crippen LogP contribution in [0.3, 0.4) is 0 Å². The van der Waals surface area contributed by atoms with Crippen LogP contribution in [-0.4, -0.2) is 25.7 Å². The summed E-state index contributed by atoms with van der Waals surface area (Å²) in [5, 5.41) is 2.75. The minimum Gasteiger partial charge on any atom is -0.491 e. The first-order valence-electron chi connectivity index (χ1n) is 9.43. The summed E-state index contributed by atoms with van der Waals surface area (Å²) in [5.74, 6) is 0.573. The number of hydrogen-bond acceptors (Lipinski definition) is 3. The van der Waals surface area contributed by atoms with Gasteiger partial charge in [0.15, 0.2) is 0 Å². The molecule has 0 aliphatic carbocycles. The smallest absolute Gasteiger partial charge is 0.416 e. The van der Waals surface area contributed by atoms with Crippen LogP contribution >= 0.6 is 0 Å². The number of aryl methyl sites for hydroxylation is 1. The van der Waals surface area contributed by atoms with Crippen molar-refractivity contribution in [2.45, 2.75) is 45.0 Å². The van der Waals surface area contributed by atoms with Gasteiger partial charge >= 0.3 is 6.18 Å². The van der Waals surface area contributed by atoms with Gasteiger partial charge < -0.3 is 14.8 Å². The number of ether oxygens (including phenoxy) is 2. The molecule has 0 saturated heterocycles. The van der Waals surface area contributed by atoms with Gasteiger partial charge in [-0.3, -0.25) is 4.79 Å². The number of benzene rings is 2. The van der Waals surface area contributed by atoms with Crippen LogP contribution in [0, 0.1) is 0 Å². The summed E-state index contributed by atoms with van der Waals surface area (Å²) in [6.07, 6.45) is -2.31. The van der Waals surface area contributed by atoms with Crippen LogP contribution < -0.4 is 10.1 Å². The van der Waals surface area contributed by atoms with Crippen molar-refractivity contribution in [2.75, 3.05) is 13.7 Å². The van der Waals surface area contributed by atoms with E-state index in [0.29, 0.717) is 31.7 Å². The summed E-state index contributed by atoms with van der Waals surface area (Å²) in [6, 6.07) is 12.7. The lowest BCUT2D eigenvalue weighted by atomic mass is 10.0. The Kier molecular flexibility index (Phi) is 8.51. The highest BCUT2D eigenvalue weighted by Crippen LogP contribution is 2.29. The van der Waals surface area contributed by atoms with E-state index in [4.69, 9.17) is 9.47 Å². The van der Waals surface area contributed by atoms with Crippen molar-refractivity contribution in [3.63, 3.8) is 0 Å². The highest BCUT2D eigenvalue weighted by Gasteiger charge is 2.29. The molecule has 7 heteroatoms. The zero-order valence-corrected chi connectivity index (χ0v) is 16.6. The number of halogens is 3. The highest BCUT2D eigenvalue weighted by atomic mass is 19.4. The van der Waals surface area contributed by atoms with Crippen LogP contribution in [0.25, 0.3) is 0 Å². The van der Waals surface area contributed by atoms with E-state index in [1.165, 1.54) is 19.1 Å². The summed E-state index contributed by atoms with van der Waals surface area (Å²) in [5.41, 5.74) is 1.10. The monoisotopic (exact) mass is 409 g/mol. The van der Waals surface area contributed by atoms with Crippen LogP contribution in [0.4, 0.5) is 13.2 Å². The molecule has 1 amide bonds. The first kappa shape index (κ1) is 22.7. The van der Waals surface area contributed by atoms with Gasteiger partial charge in [-0.1, -0.05) is 30.3 Å². The summed E-state index contributed by atoms with van der Waals surface area (Å²) in [7, 11) is 1.61. The molecule has 0 aromatic heterocycles. The van der Waals surface area contributed by atoms with Crippen LogP contribution in [0.5, 0.6) is 5.75 Å². The molecule has 4 nitrogen and oxygen atoms in total. The Balaban J connectivity index is 1.82. The molecule has 0 saturated carbocycles. The summed E-state index contributed by atoms with van der Waals surface area (Å²) in [4.78, 5) is 11.1. The van der Waals surface area contributed by atoms with Gasteiger partial charge in [0.1, 0.15) is 12.4 Å². The zero-order chi connectivity index (χ0) is 21.3. The Morgan fingerprint density at radius 2 is 1.79 bits per heavy atom. The van der Waals surface area contributed by atoms with Crippen LogP contribution in [-0.2, 0) is 28.7 Å². The van der Waals surface area contributed by atoms with E-state index in [2.05, 4.69) is 5.32 Å². The van der Waals surface area contributed by atoms with Crippen molar-refractivity contribution in [3.05, 3.63) is 65.2 Å². The van der Waals surface area contributed by atoms with Crippen LogP contribution in [0.15, 0.2) is 48.5 Å². The third-order valence-electron chi connectivity index (χ3n) is 4.53. The van der Waals surface area contributed by atoms with Gasteiger partial charge in [-0.05, 0) is 43.0 Å². The average Bonchev–Trinajstić information content (AvgIpc) is 2.69. The number of amides is 1. The van der Waals surface area contributed by atoms with Gasteiger partial charge in [0.25, 0.3) is 0 Å². The molecule has 29 heavy (non-hydrogen) atoms. The molecule has 0 spiro atoms. The van der Waals surface area contributed by atoms with Gasteiger partial charge in [0.05, 0.1) is 11.7 Å². The van der Waals surface area contributed by atoms with E-state index in [1.54, 1.807) is 7.11 Å². The van der Waals surface area contributed by atoms with E-state index in [-0.39, 0.29) is 12.0 Å². The molecule has 1 atom stereocenters. The van der Waals surface area contributed by atoms with Crippen molar-refractivity contribution in [1.29, 1.82) is 0 Å². The molecule has 0 fully saturated rings. The molecule has 0 aliphatic rings. The first-order valence-corrected chi connectivity index (χ1v) is 9.43. The number of nitrogens with one attached hydrogen (secondary N) is 1. The fourth-order valence-corrected chi connectivity index (χ4v) is 2.86. The molecule has 2 rings (SSSR count). The van der Waals surface area contributed by atoms with Crippen molar-refractivity contribution in [1.82, 2.24) is 5.32 Å². The van der Waals surface area contributed by atoms with Gasteiger partial charge in [-0.2, -0.15) is 13.2 Å². The second kappa shape index (κ2) is 10.9. The number of rotatable bonds is 10. The largest absolute Gasteiger partial charge is 0.491 e. The second-order valence-electron chi connectivity index (χ2n) is 6.77. The number of hydrogen-bond donors (Lipinski definition) is 1. The van der Waals surface area contributed by atoms with Crippen LogP contribution in [0.2, 0.25) is 0 Å². The third-order valence-corrected chi connectivity index (χ3v) is 4.53. The maximum atomic E-state index is 12.6. The van der Waals surface area contributed by atoms with Crippen molar-refractivity contribution >= 4 is 5.91 Å². The number of alkyl halides is 3. The first-order chi connectivity index (χ1) is 13.8. The summed E-state index contributed by atoms with van der Waals surface area (Å²) >= 11 is 0. The Bertz CT molecular complexity index is 776. The number of para-hydroxylation sites is 1. The third kappa shape index (κ3) is 7.77. The molecule has 0 bridgehead atoms. The molecule has 2 aromatic carbocycles. The van der Waals surface area contributed by atoms with Gasteiger partial charge in [-0.15, -0.1) is 0 Å². The summed E-state index contributed by atoms with van der Waals surface area (Å²) in [6.45, 7) is 2.19. The Morgan fingerprint density at radius 3 is 2.41 bits per heavy atom. The average molecular weight is 409 g/mol. The molecule has 1 N–H and O–H groups in total. The van der Waals surface area contributed by atoms with E-state index in [0.717, 1.165) is 29.7 Å². The Labute approximate surface area is 169 Å². The predicted octanol–water partition coefficient (Wildman–Crippen LogP) is 4.76. The standard InChI is InChI=1S/C22H26F3NO3/c1-16(27)26-14-18-7-3-4-9-21(18)29-15-20(28-2)8-5-6-17-10-12-19(13-11-17)22(23,24)25/h3-4,7,9-13,20H,5-6,8,14-15H2,1-2H3,(H,26,27). The fourth-order valence-electron chi connectivity index (χ4n) is 2.86. The fraction of sp³-hybridized carbons (Fsp3) is 0.409. The van der Waals surface area contributed by atoms with Crippen molar-refractivity contribution in [3.8, 4) is 5.75 Å². The lowest BCUT2D eigenvalue weighted by Crippen LogP contribution is -2.22. The van der Waals surface area contributed by atoms with Crippen molar-refractivity contribution < 1.29 is 27.4 Å². The van der Waals surface area contributed by atoms with E-state index < -0.39 is 11.7 Å². The molecular formula is C22H26F3NO3. The van der Waals surface area contributed by atoms with Gasteiger partial charge in [-0.25, -0.2) is 0 Å². The number of methoxy groups -OCH3 is 1. The molecular weight excluding hydrogens is 383 g/mol. The van der Waals surface area contributed by atoms with Gasteiger partial charge in [0.2, 0.25) is 5.91 Å². The summed E-state index contributed by atoms with van der Waals surface area (Å²) < 4.78 is 49.2. The molecule has 158 valence electrons. The maximum absolute atomic E-state index is 12.6. The lowest BCUT2D eigenvalue weighted by Gasteiger charge is -2.18. The van der Waals surface area contributed by atoms with E-state index >= 15 is 0 Å². The Morgan fingerprint density at radius 1 is 1.10 bits per heavy atom. The molecule has 0 heterocycles. The molecule has 0 aliphatic heterocycles. The normalized spacial score (nSPS) is 12.4. The Hall–Kier alpha value is -2.54. The molecule has 0 radical (unpaired) electrons. The molecule has 2 aromatic rings. The number of carbonyl (C=O) groups excluding carboxylic acids is 1. The maximum Gasteiger partial charge on any atom is 0.416 e. The topological polar surface area (TPSA) is 47.6 Å². The predicted molar refractivity (Wildman–Crippen MR) is 105 cm³/mol. The van der Waals surface area contributed by atoms with Crippen LogP contribution in [0.1, 0.15) is 36.5 Å². The minimum atomic E-state index is -4.31. The lowest BCUT2D eigenvalue weighted by molar-refractivity contribution is -0.137. The van der Waals surface area contributed by atoms with Crippen molar-refractivity contribution in [2.24, 2.45) is 0 Å². The number of carbonyl (C=O) groups is 1. The SMILES string of the molecule is COC(CCCc1ccc(C(F)(F)F)cc1)COc1ccccc1CNC(C)=O. The highest BCUT2D eigenvalue weighted by molar-refractivity contribution is 5.72.